The average molecular weight is 323 g/mol. The summed E-state index contributed by atoms with van der Waals surface area (Å²) in [6, 6.07) is 10.4. The third-order valence-corrected chi connectivity index (χ3v) is 4.94. The zero-order valence-electron chi connectivity index (χ0n) is 13.5. The maximum atomic E-state index is 10.2. The number of rotatable bonds is 4. The van der Waals surface area contributed by atoms with E-state index in [4.69, 9.17) is 0 Å². The summed E-state index contributed by atoms with van der Waals surface area (Å²) in [6.45, 7) is 1.94. The second-order valence-electron chi connectivity index (χ2n) is 6.67. The number of hydrogen-bond acceptors (Lipinski definition) is 5. The number of aromatic nitrogens is 4. The number of nitrogens with zero attached hydrogens (tertiary/aromatic N) is 5. The second-order valence-corrected chi connectivity index (χ2v) is 6.67. The molecule has 2 aromatic heterocycles. The molecule has 6 nitrogen and oxygen atoms in total. The standard InChI is InChI=1S/C18H21N5O/c24-13-18(9-15-5-2-1-3-6-15)7-4-8-22(12-18)17-11-19-10-16-21-20-14-23(16)17/h1-3,5-6,10-11,14,24H,4,7-9,12-13H2. The van der Waals surface area contributed by atoms with Gasteiger partial charge in [0.2, 0.25) is 0 Å². The quantitative estimate of drug-likeness (QED) is 0.795. The normalized spacial score (nSPS) is 21.3. The number of fused-ring (bicyclic) bond motifs is 1. The van der Waals surface area contributed by atoms with Crippen LogP contribution in [-0.2, 0) is 6.42 Å². The molecule has 0 saturated carbocycles. The average Bonchev–Trinajstić information content (AvgIpc) is 3.11. The Hall–Kier alpha value is -2.47. The van der Waals surface area contributed by atoms with E-state index in [-0.39, 0.29) is 12.0 Å². The van der Waals surface area contributed by atoms with Crippen molar-refractivity contribution in [3.05, 3.63) is 54.6 Å². The Bertz CT molecular complexity index is 818. The van der Waals surface area contributed by atoms with E-state index in [0.717, 1.165) is 43.8 Å². The van der Waals surface area contributed by atoms with Crippen LogP contribution in [-0.4, -0.2) is 44.4 Å². The van der Waals surface area contributed by atoms with Crippen molar-refractivity contribution in [2.75, 3.05) is 24.6 Å². The zero-order chi connectivity index (χ0) is 16.4. The van der Waals surface area contributed by atoms with Crippen LogP contribution in [0.25, 0.3) is 5.65 Å². The molecule has 24 heavy (non-hydrogen) atoms. The van der Waals surface area contributed by atoms with Crippen LogP contribution in [0.1, 0.15) is 18.4 Å². The molecular weight excluding hydrogens is 302 g/mol. The number of aliphatic hydroxyl groups is 1. The molecule has 1 aliphatic rings. The van der Waals surface area contributed by atoms with Crippen LogP contribution in [0.5, 0.6) is 0 Å². The summed E-state index contributed by atoms with van der Waals surface area (Å²) in [6.07, 6.45) is 8.24. The Morgan fingerprint density at radius 1 is 1.17 bits per heavy atom. The lowest BCUT2D eigenvalue weighted by Gasteiger charge is -2.43. The molecule has 1 atom stereocenters. The summed E-state index contributed by atoms with van der Waals surface area (Å²) in [5.74, 6) is 0.989. The Morgan fingerprint density at radius 2 is 2.04 bits per heavy atom. The topological polar surface area (TPSA) is 66.5 Å². The Morgan fingerprint density at radius 3 is 2.88 bits per heavy atom. The molecule has 0 aliphatic carbocycles. The third-order valence-electron chi connectivity index (χ3n) is 4.94. The minimum Gasteiger partial charge on any atom is -0.396 e. The van der Waals surface area contributed by atoms with Crippen molar-refractivity contribution in [1.82, 2.24) is 19.6 Å². The van der Waals surface area contributed by atoms with E-state index >= 15 is 0 Å². The summed E-state index contributed by atoms with van der Waals surface area (Å²) in [7, 11) is 0. The molecule has 1 N–H and O–H groups in total. The molecule has 1 fully saturated rings. The first kappa shape index (κ1) is 15.1. The van der Waals surface area contributed by atoms with Crippen LogP contribution in [0.2, 0.25) is 0 Å². The van der Waals surface area contributed by atoms with Crippen molar-refractivity contribution >= 4 is 11.5 Å². The Balaban J connectivity index is 1.63. The lowest BCUT2D eigenvalue weighted by molar-refractivity contribution is 0.105. The molecular formula is C18H21N5O. The van der Waals surface area contributed by atoms with Crippen molar-refractivity contribution in [2.24, 2.45) is 5.41 Å². The van der Waals surface area contributed by atoms with E-state index in [1.54, 1.807) is 12.5 Å². The third kappa shape index (κ3) is 2.73. The van der Waals surface area contributed by atoms with Crippen molar-refractivity contribution in [1.29, 1.82) is 0 Å². The van der Waals surface area contributed by atoms with Crippen molar-refractivity contribution < 1.29 is 5.11 Å². The first-order valence-electron chi connectivity index (χ1n) is 8.33. The first-order chi connectivity index (χ1) is 11.8. The monoisotopic (exact) mass is 323 g/mol. The molecule has 124 valence electrons. The van der Waals surface area contributed by atoms with Crippen LogP contribution >= 0.6 is 0 Å². The summed E-state index contributed by atoms with van der Waals surface area (Å²) in [5.41, 5.74) is 1.89. The van der Waals surface area contributed by atoms with Gasteiger partial charge in [-0.05, 0) is 24.8 Å². The molecule has 6 heteroatoms. The van der Waals surface area contributed by atoms with Crippen LogP contribution in [0.15, 0.2) is 49.1 Å². The Labute approximate surface area is 140 Å². The Kier molecular flexibility index (Phi) is 3.90. The molecule has 0 radical (unpaired) electrons. The van der Waals surface area contributed by atoms with Gasteiger partial charge in [-0.3, -0.25) is 9.38 Å². The highest BCUT2D eigenvalue weighted by Gasteiger charge is 2.36. The van der Waals surface area contributed by atoms with Gasteiger partial charge in [0.25, 0.3) is 0 Å². The fraction of sp³-hybridized carbons (Fsp3) is 0.389. The predicted molar refractivity (Wildman–Crippen MR) is 91.9 cm³/mol. The number of aliphatic hydroxyl groups excluding tert-OH is 1. The molecule has 3 aromatic rings. The van der Waals surface area contributed by atoms with E-state index in [0.29, 0.717) is 0 Å². The smallest absolute Gasteiger partial charge is 0.180 e. The van der Waals surface area contributed by atoms with Gasteiger partial charge in [-0.15, -0.1) is 10.2 Å². The number of hydrogen-bond donors (Lipinski definition) is 1. The fourth-order valence-electron chi connectivity index (χ4n) is 3.74. The highest BCUT2D eigenvalue weighted by atomic mass is 16.3. The maximum Gasteiger partial charge on any atom is 0.180 e. The SMILES string of the molecule is OCC1(Cc2ccccc2)CCCN(c2cncc3nncn23)C1. The maximum absolute atomic E-state index is 10.2. The van der Waals surface area contributed by atoms with Crippen LogP contribution in [0.4, 0.5) is 5.82 Å². The largest absolute Gasteiger partial charge is 0.396 e. The van der Waals surface area contributed by atoms with Gasteiger partial charge in [0.15, 0.2) is 5.65 Å². The van der Waals surface area contributed by atoms with Gasteiger partial charge in [0, 0.05) is 18.5 Å². The van der Waals surface area contributed by atoms with Gasteiger partial charge < -0.3 is 10.0 Å². The fourth-order valence-corrected chi connectivity index (χ4v) is 3.74. The van der Waals surface area contributed by atoms with Crippen LogP contribution < -0.4 is 4.90 Å². The molecule has 3 heterocycles. The van der Waals surface area contributed by atoms with Gasteiger partial charge in [-0.1, -0.05) is 30.3 Å². The minimum absolute atomic E-state index is 0.129. The van der Waals surface area contributed by atoms with Crippen LogP contribution in [0.3, 0.4) is 0 Å². The van der Waals surface area contributed by atoms with E-state index in [2.05, 4.69) is 44.3 Å². The number of anilines is 1. The van der Waals surface area contributed by atoms with E-state index < -0.39 is 0 Å². The van der Waals surface area contributed by atoms with Crippen molar-refractivity contribution in [3.8, 4) is 0 Å². The van der Waals surface area contributed by atoms with E-state index in [1.807, 2.05) is 16.7 Å². The van der Waals surface area contributed by atoms with Gasteiger partial charge in [0.05, 0.1) is 19.0 Å². The highest BCUT2D eigenvalue weighted by Crippen LogP contribution is 2.35. The zero-order valence-corrected chi connectivity index (χ0v) is 13.5. The summed E-state index contributed by atoms with van der Waals surface area (Å²) >= 11 is 0. The molecule has 0 bridgehead atoms. The molecule has 1 aromatic carbocycles. The number of benzene rings is 1. The lowest BCUT2D eigenvalue weighted by Crippen LogP contribution is -2.47. The van der Waals surface area contributed by atoms with Gasteiger partial charge >= 0.3 is 0 Å². The summed E-state index contributed by atoms with van der Waals surface area (Å²) in [4.78, 5) is 6.59. The summed E-state index contributed by atoms with van der Waals surface area (Å²) in [5, 5.41) is 18.2. The van der Waals surface area contributed by atoms with Crippen LogP contribution in [0, 0.1) is 5.41 Å². The van der Waals surface area contributed by atoms with Gasteiger partial charge in [-0.25, -0.2) is 0 Å². The minimum atomic E-state index is -0.129. The number of piperidine rings is 1. The second kappa shape index (κ2) is 6.20. The van der Waals surface area contributed by atoms with Gasteiger partial charge in [0.1, 0.15) is 12.1 Å². The van der Waals surface area contributed by atoms with E-state index in [1.165, 1.54) is 5.56 Å². The van der Waals surface area contributed by atoms with Crippen molar-refractivity contribution in [2.45, 2.75) is 19.3 Å². The van der Waals surface area contributed by atoms with Crippen molar-refractivity contribution in [3.63, 3.8) is 0 Å². The first-order valence-corrected chi connectivity index (χ1v) is 8.33. The molecule has 1 saturated heterocycles. The molecule has 1 aliphatic heterocycles. The molecule has 4 rings (SSSR count). The predicted octanol–water partition coefficient (Wildman–Crippen LogP) is 1.95. The lowest BCUT2D eigenvalue weighted by atomic mass is 9.76. The molecule has 1 unspecified atom stereocenters. The summed E-state index contributed by atoms with van der Waals surface area (Å²) < 4.78 is 1.96. The molecule has 0 spiro atoms. The highest BCUT2D eigenvalue weighted by molar-refractivity contribution is 5.48. The molecule has 0 amide bonds. The van der Waals surface area contributed by atoms with E-state index in [9.17, 15) is 5.11 Å². The van der Waals surface area contributed by atoms with Gasteiger partial charge in [-0.2, -0.15) is 0 Å².